The Hall–Kier alpha value is -0.240. The zero-order valence-corrected chi connectivity index (χ0v) is 9.61. The SMILES string of the molecule is C1OCC12COC1(COC3(COC3)OC1)OC2. The van der Waals surface area contributed by atoms with E-state index in [1.54, 1.807) is 0 Å². The molecule has 0 atom stereocenters. The van der Waals surface area contributed by atoms with Crippen molar-refractivity contribution in [1.82, 2.24) is 0 Å². The average molecular weight is 244 g/mol. The monoisotopic (exact) mass is 244 g/mol. The molecule has 0 aromatic rings. The zero-order valence-electron chi connectivity index (χ0n) is 9.61. The van der Waals surface area contributed by atoms with Gasteiger partial charge in [-0.15, -0.1) is 0 Å². The topological polar surface area (TPSA) is 55.4 Å². The normalized spacial score (nSPS) is 36.7. The van der Waals surface area contributed by atoms with E-state index in [2.05, 4.69) is 0 Å². The Morgan fingerprint density at radius 2 is 0.941 bits per heavy atom. The Bertz CT molecular complexity index is 266. The molecule has 4 fully saturated rings. The molecule has 4 aliphatic heterocycles. The van der Waals surface area contributed by atoms with Crippen molar-refractivity contribution in [3.63, 3.8) is 0 Å². The fourth-order valence-corrected chi connectivity index (χ4v) is 2.38. The van der Waals surface area contributed by atoms with Gasteiger partial charge < -0.3 is 28.4 Å². The Morgan fingerprint density at radius 3 is 1.35 bits per heavy atom. The molecule has 0 aromatic carbocycles. The summed E-state index contributed by atoms with van der Waals surface area (Å²) >= 11 is 0. The first-order valence-corrected chi connectivity index (χ1v) is 5.95. The van der Waals surface area contributed by atoms with Crippen molar-refractivity contribution in [2.75, 3.05) is 52.9 Å². The van der Waals surface area contributed by atoms with Crippen LogP contribution in [0.4, 0.5) is 0 Å². The van der Waals surface area contributed by atoms with Crippen LogP contribution in [0.25, 0.3) is 0 Å². The Labute approximate surface area is 99.0 Å². The highest BCUT2D eigenvalue weighted by Crippen LogP contribution is 2.40. The standard InChI is InChI=1S/C11H16O6/c1-9(2-12-1)3-14-11(15-4-9)7-16-10(17-8-11)5-13-6-10/h1-8H2. The van der Waals surface area contributed by atoms with Crippen molar-refractivity contribution in [3.8, 4) is 0 Å². The molecule has 0 aliphatic carbocycles. The van der Waals surface area contributed by atoms with Crippen molar-refractivity contribution < 1.29 is 28.4 Å². The van der Waals surface area contributed by atoms with Gasteiger partial charge in [0.25, 0.3) is 0 Å². The lowest BCUT2D eigenvalue weighted by molar-refractivity contribution is -0.451. The third kappa shape index (κ3) is 1.56. The molecule has 3 spiro atoms. The highest BCUT2D eigenvalue weighted by atomic mass is 16.8. The molecule has 4 aliphatic rings. The fraction of sp³-hybridized carbons (Fsp3) is 1.00. The van der Waals surface area contributed by atoms with Crippen LogP contribution in [0.2, 0.25) is 0 Å². The van der Waals surface area contributed by atoms with E-state index < -0.39 is 11.6 Å². The van der Waals surface area contributed by atoms with Crippen molar-refractivity contribution in [3.05, 3.63) is 0 Å². The number of hydrogen-bond donors (Lipinski definition) is 0. The van der Waals surface area contributed by atoms with E-state index in [4.69, 9.17) is 28.4 Å². The Balaban J connectivity index is 1.39. The van der Waals surface area contributed by atoms with Gasteiger partial charge >= 0.3 is 0 Å². The van der Waals surface area contributed by atoms with Crippen LogP contribution in [-0.2, 0) is 28.4 Å². The van der Waals surface area contributed by atoms with Crippen LogP contribution < -0.4 is 0 Å². The van der Waals surface area contributed by atoms with Gasteiger partial charge in [-0.05, 0) is 0 Å². The molecule has 4 rings (SSSR count). The van der Waals surface area contributed by atoms with Crippen LogP contribution in [-0.4, -0.2) is 64.4 Å². The van der Waals surface area contributed by atoms with Gasteiger partial charge in [-0.1, -0.05) is 0 Å². The van der Waals surface area contributed by atoms with Gasteiger partial charge in [0.05, 0.1) is 31.8 Å². The lowest BCUT2D eigenvalue weighted by atomic mass is 9.87. The van der Waals surface area contributed by atoms with Crippen molar-refractivity contribution in [2.24, 2.45) is 5.41 Å². The molecule has 0 bridgehead atoms. The minimum Gasteiger partial charge on any atom is -0.380 e. The molecule has 17 heavy (non-hydrogen) atoms. The summed E-state index contributed by atoms with van der Waals surface area (Å²) in [4.78, 5) is 0. The van der Waals surface area contributed by atoms with Gasteiger partial charge in [0.1, 0.15) is 26.4 Å². The molecule has 96 valence electrons. The highest BCUT2D eigenvalue weighted by molar-refractivity contribution is 4.93. The van der Waals surface area contributed by atoms with Crippen LogP contribution in [0.3, 0.4) is 0 Å². The predicted molar refractivity (Wildman–Crippen MR) is 53.3 cm³/mol. The van der Waals surface area contributed by atoms with Gasteiger partial charge in [0.2, 0.25) is 11.6 Å². The lowest BCUT2D eigenvalue weighted by Gasteiger charge is -2.54. The van der Waals surface area contributed by atoms with Gasteiger partial charge in [-0.2, -0.15) is 0 Å². The van der Waals surface area contributed by atoms with Crippen LogP contribution in [0.5, 0.6) is 0 Å². The predicted octanol–water partition coefficient (Wildman–Crippen LogP) is -0.481. The zero-order chi connectivity index (χ0) is 11.4. The first kappa shape index (κ1) is 10.7. The third-order valence-corrected chi connectivity index (χ3v) is 3.85. The summed E-state index contributed by atoms with van der Waals surface area (Å²) in [6, 6.07) is 0. The van der Waals surface area contributed by atoms with E-state index in [1.165, 1.54) is 0 Å². The second-order valence-electron chi connectivity index (χ2n) is 5.46. The molecule has 6 nitrogen and oxygen atoms in total. The first-order valence-electron chi connectivity index (χ1n) is 5.95. The Morgan fingerprint density at radius 1 is 0.471 bits per heavy atom. The van der Waals surface area contributed by atoms with E-state index in [1.807, 2.05) is 0 Å². The van der Waals surface area contributed by atoms with E-state index in [0.29, 0.717) is 39.6 Å². The summed E-state index contributed by atoms with van der Waals surface area (Å²) in [7, 11) is 0. The lowest BCUT2D eigenvalue weighted by Crippen LogP contribution is -2.67. The molecule has 0 amide bonds. The van der Waals surface area contributed by atoms with Crippen molar-refractivity contribution in [1.29, 1.82) is 0 Å². The second kappa shape index (κ2) is 3.40. The van der Waals surface area contributed by atoms with E-state index >= 15 is 0 Å². The second-order valence-corrected chi connectivity index (χ2v) is 5.46. The molecular formula is C11H16O6. The number of hydrogen-bond acceptors (Lipinski definition) is 6. The maximum atomic E-state index is 5.83. The van der Waals surface area contributed by atoms with Gasteiger partial charge in [-0.3, -0.25) is 0 Å². The minimum absolute atomic E-state index is 0.0694. The molecule has 0 N–H and O–H groups in total. The van der Waals surface area contributed by atoms with Crippen LogP contribution in [0, 0.1) is 5.41 Å². The summed E-state index contributed by atoms with van der Waals surface area (Å²) in [5.74, 6) is -1.26. The molecule has 0 radical (unpaired) electrons. The maximum absolute atomic E-state index is 5.83. The molecule has 4 heterocycles. The maximum Gasteiger partial charge on any atom is 0.216 e. The van der Waals surface area contributed by atoms with Gasteiger partial charge in [0.15, 0.2) is 0 Å². The van der Waals surface area contributed by atoms with Crippen molar-refractivity contribution in [2.45, 2.75) is 11.6 Å². The molecular weight excluding hydrogens is 228 g/mol. The highest BCUT2D eigenvalue weighted by Gasteiger charge is 2.55. The molecule has 0 saturated carbocycles. The van der Waals surface area contributed by atoms with Gasteiger partial charge in [-0.25, -0.2) is 0 Å². The summed E-state index contributed by atoms with van der Waals surface area (Å²) in [6.07, 6.45) is 0. The molecule has 6 heteroatoms. The largest absolute Gasteiger partial charge is 0.380 e. The van der Waals surface area contributed by atoms with E-state index in [0.717, 1.165) is 13.2 Å². The molecule has 0 aromatic heterocycles. The summed E-state index contributed by atoms with van der Waals surface area (Å²) in [5.41, 5.74) is 0.0694. The minimum atomic E-state index is -0.721. The molecule has 0 unspecified atom stereocenters. The fourth-order valence-electron chi connectivity index (χ4n) is 2.38. The number of ether oxygens (including phenoxy) is 6. The quantitative estimate of drug-likeness (QED) is 0.573. The summed E-state index contributed by atoms with van der Waals surface area (Å²) < 4.78 is 33.4. The van der Waals surface area contributed by atoms with Crippen LogP contribution >= 0.6 is 0 Å². The van der Waals surface area contributed by atoms with Crippen molar-refractivity contribution >= 4 is 0 Å². The summed E-state index contributed by atoms with van der Waals surface area (Å²) in [5, 5.41) is 0. The first-order chi connectivity index (χ1) is 8.24. The van der Waals surface area contributed by atoms with E-state index in [9.17, 15) is 0 Å². The van der Waals surface area contributed by atoms with E-state index in [-0.39, 0.29) is 5.41 Å². The van der Waals surface area contributed by atoms with Gasteiger partial charge in [0, 0.05) is 0 Å². The number of rotatable bonds is 0. The van der Waals surface area contributed by atoms with Crippen LogP contribution in [0.15, 0.2) is 0 Å². The average Bonchev–Trinajstić information content (AvgIpc) is 2.27. The third-order valence-electron chi connectivity index (χ3n) is 3.85. The molecule has 4 saturated heterocycles. The summed E-state index contributed by atoms with van der Waals surface area (Å²) in [6.45, 7) is 4.58. The Kier molecular flexibility index (Phi) is 2.13. The smallest absolute Gasteiger partial charge is 0.216 e. The van der Waals surface area contributed by atoms with Crippen LogP contribution in [0.1, 0.15) is 0 Å².